The zero-order chi connectivity index (χ0) is 22.1. The summed E-state index contributed by atoms with van der Waals surface area (Å²) >= 11 is 0. The minimum atomic E-state index is -0.0165. The van der Waals surface area contributed by atoms with Crippen LogP contribution in [0.4, 0.5) is 5.69 Å². The van der Waals surface area contributed by atoms with E-state index in [9.17, 15) is 9.59 Å². The first kappa shape index (κ1) is 20.4. The SMILES string of the molecule is COc1ccc(N2CCN(C(=O)c3c(-c4ccccc4)cc(=O)n4c3CCC4)CC2)cc1. The number of ether oxygens (including phenoxy) is 1. The first-order chi connectivity index (χ1) is 15.7. The van der Waals surface area contributed by atoms with Crippen molar-refractivity contribution in [2.24, 2.45) is 0 Å². The van der Waals surface area contributed by atoms with Crippen molar-refractivity contribution in [3.05, 3.63) is 82.3 Å². The molecule has 0 saturated carbocycles. The minimum absolute atomic E-state index is 0.0165. The average Bonchev–Trinajstić information content (AvgIpc) is 3.35. The van der Waals surface area contributed by atoms with E-state index in [-0.39, 0.29) is 11.5 Å². The molecule has 1 aromatic heterocycles. The quantitative estimate of drug-likeness (QED) is 0.638. The van der Waals surface area contributed by atoms with Gasteiger partial charge in [-0.1, -0.05) is 30.3 Å². The molecule has 0 aliphatic carbocycles. The summed E-state index contributed by atoms with van der Waals surface area (Å²) in [5.41, 5.74) is 4.38. The molecule has 0 unspecified atom stereocenters. The third-order valence-electron chi connectivity index (χ3n) is 6.52. The Morgan fingerprint density at radius 2 is 1.62 bits per heavy atom. The summed E-state index contributed by atoms with van der Waals surface area (Å²) in [6.45, 7) is 3.53. The fourth-order valence-corrected chi connectivity index (χ4v) is 4.81. The Labute approximate surface area is 187 Å². The number of amides is 1. The van der Waals surface area contributed by atoms with Crippen LogP contribution in [-0.4, -0.2) is 48.7 Å². The molecule has 2 aromatic carbocycles. The standard InChI is InChI=1S/C26H27N3O3/c1-32-21-11-9-20(10-12-21)27-14-16-28(17-15-27)26(31)25-22(19-6-3-2-4-7-19)18-24(30)29-13-5-8-23(25)29/h2-4,6-7,9-12,18H,5,8,13-17H2,1H3. The molecule has 6 heteroatoms. The smallest absolute Gasteiger partial charge is 0.256 e. The van der Waals surface area contributed by atoms with Crippen molar-refractivity contribution in [1.82, 2.24) is 9.47 Å². The molecular weight excluding hydrogens is 402 g/mol. The molecule has 0 spiro atoms. The molecule has 1 saturated heterocycles. The van der Waals surface area contributed by atoms with Crippen LogP contribution in [0.25, 0.3) is 11.1 Å². The second-order valence-corrected chi connectivity index (χ2v) is 8.32. The van der Waals surface area contributed by atoms with Crippen LogP contribution in [0.2, 0.25) is 0 Å². The van der Waals surface area contributed by atoms with Gasteiger partial charge in [-0.05, 0) is 42.7 Å². The van der Waals surface area contributed by atoms with Crippen molar-refractivity contribution >= 4 is 11.6 Å². The predicted molar refractivity (Wildman–Crippen MR) is 126 cm³/mol. The number of fused-ring (bicyclic) bond motifs is 1. The molecule has 3 aromatic rings. The van der Waals surface area contributed by atoms with Crippen LogP contribution in [0.5, 0.6) is 5.75 Å². The summed E-state index contributed by atoms with van der Waals surface area (Å²) in [6.07, 6.45) is 1.67. The summed E-state index contributed by atoms with van der Waals surface area (Å²) < 4.78 is 7.04. The molecule has 164 valence electrons. The van der Waals surface area contributed by atoms with Gasteiger partial charge in [-0.25, -0.2) is 0 Å². The lowest BCUT2D eigenvalue weighted by atomic mass is 9.96. The number of pyridine rings is 1. The van der Waals surface area contributed by atoms with Gasteiger partial charge < -0.3 is 19.1 Å². The lowest BCUT2D eigenvalue weighted by Crippen LogP contribution is -2.49. The molecule has 5 rings (SSSR count). The van der Waals surface area contributed by atoms with Crippen LogP contribution in [0.1, 0.15) is 22.5 Å². The number of anilines is 1. The monoisotopic (exact) mass is 429 g/mol. The normalized spacial score (nSPS) is 15.5. The van der Waals surface area contributed by atoms with Gasteiger partial charge in [0.1, 0.15) is 5.75 Å². The lowest BCUT2D eigenvalue weighted by molar-refractivity contribution is 0.0745. The third kappa shape index (κ3) is 3.66. The van der Waals surface area contributed by atoms with Crippen LogP contribution < -0.4 is 15.2 Å². The number of hydrogen-bond donors (Lipinski definition) is 0. The van der Waals surface area contributed by atoms with E-state index in [1.165, 1.54) is 0 Å². The highest BCUT2D eigenvalue weighted by Gasteiger charge is 2.30. The van der Waals surface area contributed by atoms with Crippen molar-refractivity contribution in [3.63, 3.8) is 0 Å². The van der Waals surface area contributed by atoms with E-state index >= 15 is 0 Å². The Morgan fingerprint density at radius 3 is 2.31 bits per heavy atom. The zero-order valence-electron chi connectivity index (χ0n) is 18.3. The lowest BCUT2D eigenvalue weighted by Gasteiger charge is -2.36. The van der Waals surface area contributed by atoms with Crippen LogP contribution in [0.15, 0.2) is 65.5 Å². The molecule has 3 heterocycles. The molecule has 2 aliphatic rings. The van der Waals surface area contributed by atoms with Gasteiger partial charge in [-0.3, -0.25) is 9.59 Å². The number of benzene rings is 2. The van der Waals surface area contributed by atoms with Crippen molar-refractivity contribution in [1.29, 1.82) is 0 Å². The molecule has 1 fully saturated rings. The van der Waals surface area contributed by atoms with Crippen molar-refractivity contribution in [2.45, 2.75) is 19.4 Å². The molecule has 1 amide bonds. The summed E-state index contributed by atoms with van der Waals surface area (Å²) in [5.74, 6) is 0.869. The minimum Gasteiger partial charge on any atom is -0.497 e. The van der Waals surface area contributed by atoms with Gasteiger partial charge >= 0.3 is 0 Å². The second-order valence-electron chi connectivity index (χ2n) is 8.32. The fourth-order valence-electron chi connectivity index (χ4n) is 4.81. The number of rotatable bonds is 4. The van der Waals surface area contributed by atoms with Gasteiger partial charge in [0.05, 0.1) is 12.7 Å². The molecule has 0 N–H and O–H groups in total. The van der Waals surface area contributed by atoms with E-state index in [0.717, 1.165) is 54.2 Å². The maximum absolute atomic E-state index is 13.8. The number of piperazine rings is 1. The van der Waals surface area contributed by atoms with Crippen molar-refractivity contribution < 1.29 is 9.53 Å². The highest BCUT2D eigenvalue weighted by atomic mass is 16.5. The molecule has 0 atom stereocenters. The van der Waals surface area contributed by atoms with Gasteiger partial charge in [0.25, 0.3) is 11.5 Å². The van der Waals surface area contributed by atoms with E-state index in [1.807, 2.05) is 47.4 Å². The number of methoxy groups -OCH3 is 1. The van der Waals surface area contributed by atoms with Crippen molar-refractivity contribution in [3.8, 4) is 16.9 Å². The van der Waals surface area contributed by atoms with E-state index < -0.39 is 0 Å². The van der Waals surface area contributed by atoms with Crippen LogP contribution in [0.3, 0.4) is 0 Å². The summed E-state index contributed by atoms with van der Waals surface area (Å²) in [5, 5.41) is 0. The van der Waals surface area contributed by atoms with Crippen molar-refractivity contribution in [2.75, 3.05) is 38.2 Å². The van der Waals surface area contributed by atoms with Crippen LogP contribution in [0, 0.1) is 0 Å². The summed E-state index contributed by atoms with van der Waals surface area (Å²) in [4.78, 5) is 30.7. The Kier molecular flexibility index (Phi) is 5.43. The Balaban J connectivity index is 1.42. The fraction of sp³-hybridized carbons (Fsp3) is 0.308. The maximum Gasteiger partial charge on any atom is 0.256 e. The van der Waals surface area contributed by atoms with Gasteiger partial charge in [0.15, 0.2) is 0 Å². The second kappa shape index (κ2) is 8.54. The summed E-state index contributed by atoms with van der Waals surface area (Å²) in [7, 11) is 1.66. The first-order valence-corrected chi connectivity index (χ1v) is 11.2. The Bertz CT molecular complexity index is 1180. The van der Waals surface area contributed by atoms with Gasteiger partial charge in [-0.15, -0.1) is 0 Å². The molecule has 0 bridgehead atoms. The highest BCUT2D eigenvalue weighted by molar-refractivity contribution is 6.02. The van der Waals surface area contributed by atoms with Crippen LogP contribution in [-0.2, 0) is 13.0 Å². The number of aromatic nitrogens is 1. The van der Waals surface area contributed by atoms with E-state index in [4.69, 9.17) is 4.74 Å². The highest BCUT2D eigenvalue weighted by Crippen LogP contribution is 2.30. The molecule has 6 nitrogen and oxygen atoms in total. The summed E-state index contributed by atoms with van der Waals surface area (Å²) in [6, 6.07) is 19.5. The molecule has 2 aliphatic heterocycles. The van der Waals surface area contributed by atoms with Crippen LogP contribution >= 0.6 is 0 Å². The van der Waals surface area contributed by atoms with E-state index in [0.29, 0.717) is 25.2 Å². The topological polar surface area (TPSA) is 54.8 Å². The third-order valence-corrected chi connectivity index (χ3v) is 6.52. The Morgan fingerprint density at radius 1 is 0.906 bits per heavy atom. The zero-order valence-corrected chi connectivity index (χ0v) is 18.3. The number of hydrogen-bond acceptors (Lipinski definition) is 4. The molecule has 0 radical (unpaired) electrons. The van der Waals surface area contributed by atoms with E-state index in [2.05, 4.69) is 17.0 Å². The van der Waals surface area contributed by atoms with Gasteiger partial charge in [0, 0.05) is 55.7 Å². The largest absolute Gasteiger partial charge is 0.497 e. The number of carbonyl (C=O) groups is 1. The average molecular weight is 430 g/mol. The Hall–Kier alpha value is -3.54. The van der Waals surface area contributed by atoms with E-state index in [1.54, 1.807) is 17.7 Å². The maximum atomic E-state index is 13.8. The molecule has 32 heavy (non-hydrogen) atoms. The van der Waals surface area contributed by atoms with Gasteiger partial charge in [0.2, 0.25) is 0 Å². The number of carbonyl (C=O) groups excluding carboxylic acids is 1. The predicted octanol–water partition coefficient (Wildman–Crippen LogP) is 3.43. The number of nitrogens with zero attached hydrogens (tertiary/aromatic N) is 3. The van der Waals surface area contributed by atoms with Gasteiger partial charge in [-0.2, -0.15) is 0 Å². The molecular formula is C26H27N3O3. The first-order valence-electron chi connectivity index (χ1n) is 11.2.